The summed E-state index contributed by atoms with van der Waals surface area (Å²) in [4.78, 5) is 18.5. The molecule has 1 N–H and O–H groups in total. The zero-order valence-corrected chi connectivity index (χ0v) is 12.1. The Morgan fingerprint density at radius 1 is 1.39 bits per heavy atom. The maximum atomic E-state index is 12.9. The smallest absolute Gasteiger partial charge is 0.420 e. The lowest BCUT2D eigenvalue weighted by Crippen LogP contribution is -2.43. The Balaban J connectivity index is 1.60. The first-order valence-electron chi connectivity index (χ1n) is 7.39. The van der Waals surface area contributed by atoms with E-state index < -0.39 is 17.6 Å². The number of amides is 1. The molecule has 2 aromatic heterocycles. The molecule has 0 saturated carbocycles. The summed E-state index contributed by atoms with van der Waals surface area (Å²) in [5, 5.41) is 2.74. The number of nitrogens with zero attached hydrogens (tertiary/aromatic N) is 2. The summed E-state index contributed by atoms with van der Waals surface area (Å²) in [6, 6.07) is 1.19. The van der Waals surface area contributed by atoms with Crippen molar-refractivity contribution < 1.29 is 22.4 Å². The van der Waals surface area contributed by atoms with Gasteiger partial charge in [0.2, 0.25) is 0 Å². The lowest BCUT2D eigenvalue weighted by atomic mass is 10.00. The average molecular weight is 325 g/mol. The Bertz CT molecular complexity index is 771. The normalized spacial score (nSPS) is 26.8. The van der Waals surface area contributed by atoms with E-state index in [-0.39, 0.29) is 22.7 Å². The van der Waals surface area contributed by atoms with E-state index in [9.17, 15) is 18.0 Å². The molecule has 0 radical (unpaired) electrons. The standard InChI is InChI=1S/C15H14F3N3O2/c16-15(17,18)10-7-23-13-4-19-11(3-9(10)13)14(22)20-12-6-21-2-1-8(12)5-21/h3-4,7-8,12H,1-2,5-6H2,(H,20,22). The molecule has 2 bridgehead atoms. The van der Waals surface area contributed by atoms with Crippen molar-refractivity contribution in [3.63, 3.8) is 0 Å². The molecule has 2 aliphatic heterocycles. The minimum atomic E-state index is -4.53. The first-order chi connectivity index (χ1) is 10.9. The maximum Gasteiger partial charge on any atom is 0.420 e. The Labute approximate surface area is 129 Å². The molecule has 8 heteroatoms. The lowest BCUT2D eigenvalue weighted by molar-refractivity contribution is -0.136. The fourth-order valence-corrected chi connectivity index (χ4v) is 3.47. The molecular weight excluding hydrogens is 311 g/mol. The van der Waals surface area contributed by atoms with Gasteiger partial charge in [-0.15, -0.1) is 0 Å². The van der Waals surface area contributed by atoms with Gasteiger partial charge < -0.3 is 14.6 Å². The summed E-state index contributed by atoms with van der Waals surface area (Å²) in [5.41, 5.74) is -0.905. The van der Waals surface area contributed by atoms with E-state index >= 15 is 0 Å². The highest BCUT2D eigenvalue weighted by Gasteiger charge is 2.39. The number of aromatic nitrogens is 1. The van der Waals surface area contributed by atoms with Gasteiger partial charge in [0.15, 0.2) is 5.58 Å². The van der Waals surface area contributed by atoms with Crippen LogP contribution in [0.2, 0.25) is 0 Å². The van der Waals surface area contributed by atoms with Crippen LogP contribution < -0.4 is 5.32 Å². The number of piperidine rings is 1. The van der Waals surface area contributed by atoms with Crippen LogP contribution in [0.1, 0.15) is 22.5 Å². The molecule has 23 heavy (non-hydrogen) atoms. The van der Waals surface area contributed by atoms with Crippen molar-refractivity contribution in [1.82, 2.24) is 15.2 Å². The molecule has 2 saturated heterocycles. The average Bonchev–Trinajstić information content (AvgIpc) is 3.20. The SMILES string of the molecule is O=C(NC1CN2CCC1C2)c1cc2c(C(F)(F)F)coc2cn1. The molecule has 2 aliphatic rings. The van der Waals surface area contributed by atoms with Crippen molar-refractivity contribution in [3.8, 4) is 0 Å². The summed E-state index contributed by atoms with van der Waals surface area (Å²) >= 11 is 0. The topological polar surface area (TPSA) is 58.4 Å². The number of fused-ring (bicyclic) bond motifs is 3. The van der Waals surface area contributed by atoms with E-state index in [0.29, 0.717) is 12.2 Å². The molecule has 2 aromatic rings. The Morgan fingerprint density at radius 2 is 2.22 bits per heavy atom. The number of furan rings is 1. The van der Waals surface area contributed by atoms with Crippen molar-refractivity contribution in [2.24, 2.45) is 5.92 Å². The third-order valence-corrected chi connectivity index (χ3v) is 4.65. The molecule has 2 fully saturated rings. The van der Waals surface area contributed by atoms with Gasteiger partial charge >= 0.3 is 6.18 Å². The number of hydrogen-bond donors (Lipinski definition) is 1. The lowest BCUT2D eigenvalue weighted by Gasteiger charge is -2.22. The van der Waals surface area contributed by atoms with E-state index in [0.717, 1.165) is 38.3 Å². The highest BCUT2D eigenvalue weighted by Crippen LogP contribution is 2.36. The number of hydrogen-bond acceptors (Lipinski definition) is 4. The van der Waals surface area contributed by atoms with Crippen LogP contribution in [0.25, 0.3) is 11.0 Å². The first kappa shape index (κ1) is 14.5. The number of carbonyl (C=O) groups is 1. The van der Waals surface area contributed by atoms with E-state index in [4.69, 9.17) is 4.42 Å². The minimum absolute atomic E-state index is 0.0138. The summed E-state index contributed by atoms with van der Waals surface area (Å²) in [6.07, 6.45) is -1.68. The first-order valence-corrected chi connectivity index (χ1v) is 7.39. The number of carbonyl (C=O) groups excluding carboxylic acids is 1. The van der Waals surface area contributed by atoms with Crippen molar-refractivity contribution in [2.75, 3.05) is 19.6 Å². The fraction of sp³-hybridized carbons (Fsp3) is 0.467. The molecule has 1 amide bonds. The van der Waals surface area contributed by atoms with Gasteiger partial charge in [0.25, 0.3) is 5.91 Å². The van der Waals surface area contributed by atoms with E-state index in [1.54, 1.807) is 0 Å². The largest absolute Gasteiger partial charge is 0.462 e. The van der Waals surface area contributed by atoms with Gasteiger partial charge in [-0.2, -0.15) is 13.2 Å². The molecule has 5 nitrogen and oxygen atoms in total. The van der Waals surface area contributed by atoms with Gasteiger partial charge in [0.1, 0.15) is 17.5 Å². The third-order valence-electron chi connectivity index (χ3n) is 4.65. The van der Waals surface area contributed by atoms with Crippen LogP contribution in [0, 0.1) is 5.92 Å². The molecular formula is C15H14F3N3O2. The van der Waals surface area contributed by atoms with Gasteiger partial charge in [0, 0.05) is 24.5 Å². The van der Waals surface area contributed by atoms with Gasteiger partial charge in [-0.1, -0.05) is 0 Å². The molecule has 122 valence electrons. The van der Waals surface area contributed by atoms with Crippen molar-refractivity contribution in [3.05, 3.63) is 29.8 Å². The van der Waals surface area contributed by atoms with Crippen LogP contribution >= 0.6 is 0 Å². The highest BCUT2D eigenvalue weighted by atomic mass is 19.4. The van der Waals surface area contributed by atoms with Crippen LogP contribution in [-0.4, -0.2) is 41.5 Å². The van der Waals surface area contributed by atoms with Crippen LogP contribution in [-0.2, 0) is 6.18 Å². The summed E-state index contributed by atoms with van der Waals surface area (Å²) in [5.74, 6) is -0.0256. The van der Waals surface area contributed by atoms with Gasteiger partial charge in [-0.3, -0.25) is 4.79 Å². The summed E-state index contributed by atoms with van der Waals surface area (Å²) in [6.45, 7) is 2.81. The van der Waals surface area contributed by atoms with E-state index in [2.05, 4.69) is 15.2 Å². The zero-order valence-electron chi connectivity index (χ0n) is 12.1. The van der Waals surface area contributed by atoms with Crippen molar-refractivity contribution in [2.45, 2.75) is 18.6 Å². The molecule has 4 heterocycles. The highest BCUT2D eigenvalue weighted by molar-refractivity contribution is 5.96. The van der Waals surface area contributed by atoms with Gasteiger partial charge in [-0.25, -0.2) is 4.98 Å². The second-order valence-electron chi connectivity index (χ2n) is 6.10. The summed E-state index contributed by atoms with van der Waals surface area (Å²) in [7, 11) is 0. The van der Waals surface area contributed by atoms with Crippen molar-refractivity contribution >= 4 is 16.9 Å². The molecule has 3 unspecified atom stereocenters. The Kier molecular flexibility index (Phi) is 3.12. The Morgan fingerprint density at radius 3 is 2.87 bits per heavy atom. The maximum absolute atomic E-state index is 12.9. The third kappa shape index (κ3) is 2.46. The molecule has 0 spiro atoms. The zero-order chi connectivity index (χ0) is 16.2. The second kappa shape index (κ2) is 4.95. The van der Waals surface area contributed by atoms with Crippen LogP contribution in [0.4, 0.5) is 13.2 Å². The Hall–Kier alpha value is -2.09. The van der Waals surface area contributed by atoms with Gasteiger partial charge in [0.05, 0.1) is 6.20 Å². The van der Waals surface area contributed by atoms with Gasteiger partial charge in [-0.05, 0) is 24.9 Å². The number of nitrogens with one attached hydrogen (secondary N) is 1. The van der Waals surface area contributed by atoms with Crippen LogP contribution in [0.3, 0.4) is 0 Å². The fourth-order valence-electron chi connectivity index (χ4n) is 3.47. The number of alkyl halides is 3. The van der Waals surface area contributed by atoms with E-state index in [1.807, 2.05) is 0 Å². The predicted octanol–water partition coefficient (Wildman–Crippen LogP) is 2.28. The number of rotatable bonds is 2. The van der Waals surface area contributed by atoms with Crippen LogP contribution in [0.5, 0.6) is 0 Å². The minimum Gasteiger partial charge on any atom is -0.462 e. The van der Waals surface area contributed by atoms with Crippen molar-refractivity contribution in [1.29, 1.82) is 0 Å². The molecule has 4 rings (SSSR count). The molecule has 3 atom stereocenters. The van der Waals surface area contributed by atoms with Crippen LogP contribution in [0.15, 0.2) is 22.9 Å². The second-order valence-corrected chi connectivity index (χ2v) is 6.10. The quantitative estimate of drug-likeness (QED) is 0.920. The number of halogens is 3. The van der Waals surface area contributed by atoms with E-state index in [1.165, 1.54) is 0 Å². The predicted molar refractivity (Wildman–Crippen MR) is 74.8 cm³/mol. The molecule has 0 aromatic carbocycles. The monoisotopic (exact) mass is 325 g/mol. The summed E-state index contributed by atoms with van der Waals surface area (Å²) < 4.78 is 43.6. The molecule has 0 aliphatic carbocycles. The number of pyridine rings is 1.